The first-order valence-electron chi connectivity index (χ1n) is 6.66. The highest BCUT2D eigenvalue weighted by Gasteiger charge is 2.63. The molecule has 0 saturated carbocycles. The van der Waals surface area contributed by atoms with E-state index in [0.717, 1.165) is 0 Å². The Hall–Kier alpha value is -2.84. The third-order valence-corrected chi connectivity index (χ3v) is 4.30. The Balaban J connectivity index is 2.03. The molecule has 116 valence electrons. The molecule has 1 aromatic carbocycles. The summed E-state index contributed by atoms with van der Waals surface area (Å²) >= 11 is 0. The number of nitro groups is 1. The van der Waals surface area contributed by atoms with Crippen molar-refractivity contribution in [2.24, 2.45) is 0 Å². The highest BCUT2D eigenvalue weighted by atomic mass is 16.6. The lowest BCUT2D eigenvalue weighted by molar-refractivity contribution is -0.384. The summed E-state index contributed by atoms with van der Waals surface area (Å²) in [5.41, 5.74) is -1.31. The molecular weight excluding hydrogens is 290 g/mol. The Morgan fingerprint density at radius 1 is 1.05 bits per heavy atom. The summed E-state index contributed by atoms with van der Waals surface area (Å²) in [7, 11) is 0. The summed E-state index contributed by atoms with van der Waals surface area (Å²) in [5, 5.41) is 18.8. The average molecular weight is 305 g/mol. The molecule has 0 aliphatic carbocycles. The van der Waals surface area contributed by atoms with Crippen molar-refractivity contribution >= 4 is 23.4 Å². The predicted molar refractivity (Wildman–Crippen MR) is 77.0 cm³/mol. The first kappa shape index (κ1) is 14.1. The summed E-state index contributed by atoms with van der Waals surface area (Å²) in [6.07, 6.45) is 0. The number of hydrazine groups is 1. The molecule has 1 aromatic rings. The van der Waals surface area contributed by atoms with Crippen LogP contribution in [-0.4, -0.2) is 33.2 Å². The fourth-order valence-corrected chi connectivity index (χ4v) is 2.71. The first-order valence-corrected chi connectivity index (χ1v) is 6.66. The van der Waals surface area contributed by atoms with Crippen molar-refractivity contribution in [3.8, 4) is 0 Å². The summed E-state index contributed by atoms with van der Waals surface area (Å²) in [4.78, 5) is 34.7. The van der Waals surface area contributed by atoms with Gasteiger partial charge in [0.1, 0.15) is 0 Å². The van der Waals surface area contributed by atoms with Crippen molar-refractivity contribution in [3.63, 3.8) is 0 Å². The number of hydrogen-bond donors (Lipinski definition) is 2. The van der Waals surface area contributed by atoms with Gasteiger partial charge in [-0.25, -0.2) is 9.59 Å². The number of amides is 4. The number of hydrogen-bond acceptors (Lipinski definition) is 4. The molecule has 9 nitrogen and oxygen atoms in total. The second kappa shape index (κ2) is 4.09. The highest BCUT2D eigenvalue weighted by Crippen LogP contribution is 2.39. The van der Waals surface area contributed by atoms with Crippen molar-refractivity contribution < 1.29 is 14.5 Å². The summed E-state index contributed by atoms with van der Waals surface area (Å²) in [6, 6.07) is 4.57. The Kier molecular flexibility index (Phi) is 2.62. The van der Waals surface area contributed by atoms with Crippen LogP contribution in [0.1, 0.15) is 20.8 Å². The minimum absolute atomic E-state index is 0.0858. The molecule has 2 N–H and O–H groups in total. The highest BCUT2D eigenvalue weighted by molar-refractivity contribution is 6.00. The van der Waals surface area contributed by atoms with Crippen LogP contribution in [0.5, 0.6) is 0 Å². The van der Waals surface area contributed by atoms with E-state index >= 15 is 0 Å². The van der Waals surface area contributed by atoms with Gasteiger partial charge in [0.05, 0.1) is 16.1 Å². The number of carbonyl (C=O) groups excluding carboxylic acids is 2. The third kappa shape index (κ3) is 1.65. The molecule has 22 heavy (non-hydrogen) atoms. The van der Waals surface area contributed by atoms with Crippen LogP contribution >= 0.6 is 0 Å². The van der Waals surface area contributed by atoms with Gasteiger partial charge in [-0.3, -0.25) is 10.1 Å². The molecule has 4 amide bonds. The van der Waals surface area contributed by atoms with Gasteiger partial charge < -0.3 is 10.6 Å². The molecule has 2 aliphatic heterocycles. The van der Waals surface area contributed by atoms with Crippen molar-refractivity contribution in [2.75, 3.05) is 5.01 Å². The van der Waals surface area contributed by atoms with E-state index < -0.39 is 28.2 Å². The molecule has 2 heterocycles. The van der Waals surface area contributed by atoms with Gasteiger partial charge in [-0.05, 0) is 32.9 Å². The standard InChI is InChI=1S/C13H15N5O4/c1-12(2)13(3)15-10(19)16(17(13)11(20)14-12)8-4-6-9(7-5-8)18(21)22/h4-7H,1-3H3,(H,14,20)(H,15,19). The van der Waals surface area contributed by atoms with Crippen LogP contribution in [0.3, 0.4) is 0 Å². The van der Waals surface area contributed by atoms with Gasteiger partial charge in [-0.2, -0.15) is 10.0 Å². The van der Waals surface area contributed by atoms with Gasteiger partial charge in [0.25, 0.3) is 5.69 Å². The maximum Gasteiger partial charge on any atom is 0.343 e. The quantitative estimate of drug-likeness (QED) is 0.638. The van der Waals surface area contributed by atoms with Gasteiger partial charge >= 0.3 is 12.1 Å². The monoisotopic (exact) mass is 305 g/mol. The molecular formula is C13H15N5O4. The number of urea groups is 2. The average Bonchev–Trinajstić information content (AvgIpc) is 2.79. The van der Waals surface area contributed by atoms with Gasteiger partial charge in [-0.15, -0.1) is 0 Å². The smallest absolute Gasteiger partial charge is 0.327 e. The Bertz CT molecular complexity index is 686. The minimum atomic E-state index is -0.928. The number of non-ortho nitro benzene ring substituents is 1. The van der Waals surface area contributed by atoms with E-state index in [1.165, 1.54) is 34.3 Å². The van der Waals surface area contributed by atoms with E-state index in [0.29, 0.717) is 5.69 Å². The maximum atomic E-state index is 12.3. The molecule has 1 unspecified atom stereocenters. The molecule has 3 rings (SSSR count). The van der Waals surface area contributed by atoms with Crippen LogP contribution in [0.2, 0.25) is 0 Å². The second-order valence-corrected chi connectivity index (χ2v) is 5.95. The van der Waals surface area contributed by atoms with Crippen LogP contribution < -0.4 is 15.6 Å². The summed E-state index contributed by atoms with van der Waals surface area (Å²) in [6.45, 7) is 5.36. The number of rotatable bonds is 2. The number of carbonyl (C=O) groups is 2. The number of fused-ring (bicyclic) bond motifs is 1. The molecule has 1 atom stereocenters. The Labute approximate surface area is 126 Å². The van der Waals surface area contributed by atoms with E-state index in [2.05, 4.69) is 10.6 Å². The third-order valence-electron chi connectivity index (χ3n) is 4.30. The van der Waals surface area contributed by atoms with E-state index in [1.807, 2.05) is 13.8 Å². The van der Waals surface area contributed by atoms with Crippen LogP contribution in [0.15, 0.2) is 24.3 Å². The number of nitro benzene ring substituents is 1. The Morgan fingerprint density at radius 2 is 1.64 bits per heavy atom. The molecule has 0 radical (unpaired) electrons. The van der Waals surface area contributed by atoms with Crippen molar-refractivity contribution in [1.29, 1.82) is 0 Å². The van der Waals surface area contributed by atoms with Crippen LogP contribution in [0.25, 0.3) is 0 Å². The van der Waals surface area contributed by atoms with Gasteiger partial charge in [0.15, 0.2) is 5.66 Å². The topological polar surface area (TPSA) is 108 Å². The zero-order chi connectivity index (χ0) is 16.3. The van der Waals surface area contributed by atoms with Gasteiger partial charge in [-0.1, -0.05) is 0 Å². The van der Waals surface area contributed by atoms with Gasteiger partial charge in [0, 0.05) is 12.1 Å². The fraction of sp³-hybridized carbons (Fsp3) is 0.385. The molecule has 2 fully saturated rings. The lowest BCUT2D eigenvalue weighted by Gasteiger charge is -2.36. The maximum absolute atomic E-state index is 12.3. The van der Waals surface area contributed by atoms with Crippen LogP contribution in [0.4, 0.5) is 21.0 Å². The SMILES string of the molecule is CC1(C)NC(=O)N2N(c3ccc([N+](=O)[O-])cc3)C(=O)NC21C. The number of nitrogens with zero attached hydrogens (tertiary/aromatic N) is 3. The van der Waals surface area contributed by atoms with Crippen LogP contribution in [0, 0.1) is 10.1 Å². The number of anilines is 1. The zero-order valence-electron chi connectivity index (χ0n) is 12.3. The lowest BCUT2D eigenvalue weighted by Crippen LogP contribution is -2.60. The molecule has 0 spiro atoms. The van der Waals surface area contributed by atoms with Crippen LogP contribution in [-0.2, 0) is 0 Å². The largest absolute Gasteiger partial charge is 0.343 e. The fourth-order valence-electron chi connectivity index (χ4n) is 2.71. The van der Waals surface area contributed by atoms with Crippen molar-refractivity contribution in [3.05, 3.63) is 34.4 Å². The minimum Gasteiger partial charge on any atom is -0.327 e. The molecule has 0 aromatic heterocycles. The predicted octanol–water partition coefficient (Wildman–Crippen LogP) is 1.56. The van der Waals surface area contributed by atoms with Crippen molar-refractivity contribution in [1.82, 2.24) is 15.6 Å². The molecule has 2 aliphatic rings. The zero-order valence-corrected chi connectivity index (χ0v) is 12.3. The summed E-state index contributed by atoms with van der Waals surface area (Å²) < 4.78 is 0. The van der Waals surface area contributed by atoms with E-state index in [4.69, 9.17) is 0 Å². The first-order chi connectivity index (χ1) is 10.2. The number of nitrogens with one attached hydrogen (secondary N) is 2. The summed E-state index contributed by atoms with van der Waals surface area (Å²) in [5.74, 6) is 0. The lowest BCUT2D eigenvalue weighted by atomic mass is 9.91. The van der Waals surface area contributed by atoms with E-state index in [1.54, 1.807) is 6.92 Å². The van der Waals surface area contributed by atoms with E-state index in [9.17, 15) is 19.7 Å². The normalized spacial score (nSPS) is 25.8. The molecule has 9 heteroatoms. The van der Waals surface area contributed by atoms with Crippen molar-refractivity contribution in [2.45, 2.75) is 32.0 Å². The second-order valence-electron chi connectivity index (χ2n) is 5.95. The molecule has 0 bridgehead atoms. The Morgan fingerprint density at radius 3 is 2.18 bits per heavy atom. The van der Waals surface area contributed by atoms with Gasteiger partial charge in [0.2, 0.25) is 0 Å². The molecule has 2 saturated heterocycles. The van der Waals surface area contributed by atoms with E-state index in [-0.39, 0.29) is 5.69 Å². The number of benzene rings is 1.